The van der Waals surface area contributed by atoms with Crippen molar-refractivity contribution in [1.29, 1.82) is 5.26 Å². The van der Waals surface area contributed by atoms with Gasteiger partial charge in [0.05, 0.1) is 22.8 Å². The first-order chi connectivity index (χ1) is 18.9. The molecule has 0 spiro atoms. The Hall–Kier alpha value is -4.21. The van der Waals surface area contributed by atoms with Crippen LogP contribution in [-0.2, 0) is 16.1 Å². The number of nitrogens with two attached hydrogens (primary N) is 1. The molecule has 39 heavy (non-hydrogen) atoms. The van der Waals surface area contributed by atoms with E-state index < -0.39 is 18.0 Å². The Balaban J connectivity index is 1.67. The Morgan fingerprint density at radius 3 is 2.77 bits per heavy atom. The zero-order valence-electron chi connectivity index (χ0n) is 21.8. The SMILES string of the molecule is CCCCNC(=O)N(CC#N)N1CCN(Cc2cccc3sc(N)nc23)C(=O)[C@H](c2ccccc2)NC(=O)C1. The lowest BCUT2D eigenvalue weighted by atomic mass is 10.0. The number of benzene rings is 2. The third-order valence-corrected chi connectivity index (χ3v) is 7.28. The molecule has 0 bridgehead atoms. The van der Waals surface area contributed by atoms with E-state index in [9.17, 15) is 19.6 Å². The number of unbranched alkanes of at least 4 members (excludes halogenated alkanes) is 1. The average Bonchev–Trinajstić information content (AvgIpc) is 3.34. The van der Waals surface area contributed by atoms with E-state index in [2.05, 4.69) is 15.6 Å². The molecule has 204 valence electrons. The second-order valence-electron chi connectivity index (χ2n) is 9.18. The summed E-state index contributed by atoms with van der Waals surface area (Å²) in [5, 5.41) is 18.3. The standard InChI is InChI=1S/C27H32N8O3S/c1-2-3-13-30-27(38)35(14-12-28)34-16-15-33(17-20-10-7-11-21-23(20)32-26(29)39-21)25(37)24(31-22(36)18-34)19-8-5-4-6-9-19/h4-11,24H,2-3,13-18H2,1H3,(H2,29,32)(H,30,38)(H,31,36)/t24-/m0/s1. The van der Waals surface area contributed by atoms with Crippen molar-refractivity contribution in [2.45, 2.75) is 32.4 Å². The average molecular weight is 549 g/mol. The molecule has 2 aromatic carbocycles. The monoisotopic (exact) mass is 548 g/mol. The number of thiazole rings is 1. The van der Waals surface area contributed by atoms with E-state index in [1.54, 1.807) is 17.0 Å². The number of urea groups is 1. The number of carbonyl (C=O) groups excluding carboxylic acids is 3. The largest absolute Gasteiger partial charge is 0.375 e. The van der Waals surface area contributed by atoms with E-state index in [1.165, 1.54) is 21.4 Å². The van der Waals surface area contributed by atoms with Gasteiger partial charge in [0.2, 0.25) is 11.8 Å². The maximum Gasteiger partial charge on any atom is 0.332 e. The van der Waals surface area contributed by atoms with E-state index in [1.807, 2.05) is 49.4 Å². The van der Waals surface area contributed by atoms with Gasteiger partial charge in [-0.15, -0.1) is 0 Å². The Morgan fingerprint density at radius 1 is 1.23 bits per heavy atom. The minimum Gasteiger partial charge on any atom is -0.375 e. The van der Waals surface area contributed by atoms with Crippen LogP contribution in [0.4, 0.5) is 9.93 Å². The summed E-state index contributed by atoms with van der Waals surface area (Å²) >= 11 is 1.37. The minimum atomic E-state index is -0.916. The highest BCUT2D eigenvalue weighted by atomic mass is 32.1. The van der Waals surface area contributed by atoms with Crippen molar-refractivity contribution in [2.24, 2.45) is 0 Å². The van der Waals surface area contributed by atoms with Crippen LogP contribution in [0.15, 0.2) is 48.5 Å². The quantitative estimate of drug-likeness (QED) is 0.290. The lowest BCUT2D eigenvalue weighted by Gasteiger charge is -2.33. The third-order valence-electron chi connectivity index (χ3n) is 6.43. The molecule has 0 saturated carbocycles. The molecule has 0 radical (unpaired) electrons. The molecule has 4 N–H and O–H groups in total. The van der Waals surface area contributed by atoms with Crippen LogP contribution in [0.1, 0.15) is 36.9 Å². The van der Waals surface area contributed by atoms with E-state index in [4.69, 9.17) is 5.73 Å². The zero-order chi connectivity index (χ0) is 27.8. The van der Waals surface area contributed by atoms with Crippen molar-refractivity contribution in [3.05, 3.63) is 59.7 Å². The van der Waals surface area contributed by atoms with Gasteiger partial charge in [-0.1, -0.05) is 67.1 Å². The maximum absolute atomic E-state index is 14.0. The highest BCUT2D eigenvalue weighted by Gasteiger charge is 2.33. The Labute approximate surface area is 231 Å². The lowest BCUT2D eigenvalue weighted by molar-refractivity contribution is -0.136. The molecule has 1 aromatic heterocycles. The van der Waals surface area contributed by atoms with Crippen molar-refractivity contribution >= 4 is 44.5 Å². The molecule has 11 nitrogen and oxygen atoms in total. The first kappa shape index (κ1) is 27.8. The van der Waals surface area contributed by atoms with Gasteiger partial charge < -0.3 is 21.3 Å². The number of nitriles is 1. The molecule has 1 aliphatic rings. The van der Waals surface area contributed by atoms with Crippen molar-refractivity contribution in [1.82, 2.24) is 30.5 Å². The molecular weight excluding hydrogens is 516 g/mol. The molecule has 1 aliphatic heterocycles. The van der Waals surface area contributed by atoms with Gasteiger partial charge in [0, 0.05) is 26.2 Å². The smallest absolute Gasteiger partial charge is 0.332 e. The Bertz CT molecular complexity index is 1360. The van der Waals surface area contributed by atoms with E-state index >= 15 is 0 Å². The number of rotatable bonds is 8. The summed E-state index contributed by atoms with van der Waals surface area (Å²) in [6.45, 7) is 2.65. The number of aromatic nitrogens is 1. The van der Waals surface area contributed by atoms with Gasteiger partial charge in [-0.05, 0) is 23.6 Å². The molecule has 4 rings (SSSR count). The summed E-state index contributed by atoms with van der Waals surface area (Å²) in [6.07, 6.45) is 1.69. The molecule has 12 heteroatoms. The number of anilines is 1. The van der Waals surface area contributed by atoms with Crippen molar-refractivity contribution in [3.8, 4) is 6.07 Å². The van der Waals surface area contributed by atoms with Crippen LogP contribution in [0.3, 0.4) is 0 Å². The normalized spacial score (nSPS) is 16.6. The number of nitrogens with zero attached hydrogens (tertiary/aromatic N) is 5. The number of hydrazine groups is 1. The van der Waals surface area contributed by atoms with Gasteiger partial charge in [-0.3, -0.25) is 9.59 Å². The zero-order valence-corrected chi connectivity index (χ0v) is 22.6. The number of nitrogens with one attached hydrogen (secondary N) is 2. The highest BCUT2D eigenvalue weighted by Crippen LogP contribution is 2.28. The minimum absolute atomic E-state index is 0.165. The van der Waals surface area contributed by atoms with Crippen LogP contribution in [0.5, 0.6) is 0 Å². The van der Waals surface area contributed by atoms with Crippen LogP contribution in [0.25, 0.3) is 10.2 Å². The molecule has 0 aliphatic carbocycles. The summed E-state index contributed by atoms with van der Waals surface area (Å²) < 4.78 is 0.917. The number of amides is 4. The van der Waals surface area contributed by atoms with E-state index in [-0.39, 0.29) is 38.6 Å². The molecule has 1 fully saturated rings. The second-order valence-corrected chi connectivity index (χ2v) is 10.2. The first-order valence-corrected chi connectivity index (χ1v) is 13.7. The van der Waals surface area contributed by atoms with Gasteiger partial charge in [0.15, 0.2) is 5.13 Å². The molecule has 1 saturated heterocycles. The molecule has 0 unspecified atom stereocenters. The first-order valence-electron chi connectivity index (χ1n) is 12.9. The number of hydrogen-bond acceptors (Lipinski definition) is 8. The maximum atomic E-state index is 14.0. The van der Waals surface area contributed by atoms with Crippen LogP contribution in [0, 0.1) is 11.3 Å². The fourth-order valence-corrected chi connectivity index (χ4v) is 5.25. The van der Waals surface area contributed by atoms with E-state index in [0.717, 1.165) is 28.6 Å². The van der Waals surface area contributed by atoms with Crippen LogP contribution in [-0.4, -0.2) is 70.5 Å². The Kier molecular flexibility index (Phi) is 9.30. The number of para-hydroxylation sites is 1. The molecule has 3 aromatic rings. The van der Waals surface area contributed by atoms with Crippen LogP contribution in [0.2, 0.25) is 0 Å². The van der Waals surface area contributed by atoms with Crippen LogP contribution >= 0.6 is 11.3 Å². The number of nitrogen functional groups attached to an aromatic ring is 1. The summed E-state index contributed by atoms with van der Waals surface area (Å²) in [7, 11) is 0. The highest BCUT2D eigenvalue weighted by molar-refractivity contribution is 7.22. The van der Waals surface area contributed by atoms with Gasteiger partial charge in [0.25, 0.3) is 0 Å². The molecule has 1 atom stereocenters. The lowest BCUT2D eigenvalue weighted by Crippen LogP contribution is -2.55. The second kappa shape index (κ2) is 13.0. The number of carbonyl (C=O) groups is 3. The van der Waals surface area contributed by atoms with Gasteiger partial charge in [-0.25, -0.2) is 19.8 Å². The summed E-state index contributed by atoms with van der Waals surface area (Å²) in [4.78, 5) is 46.2. The van der Waals surface area contributed by atoms with Gasteiger partial charge in [-0.2, -0.15) is 5.26 Å². The van der Waals surface area contributed by atoms with Gasteiger partial charge in [0.1, 0.15) is 12.6 Å². The number of hydrogen-bond donors (Lipinski definition) is 3. The van der Waals surface area contributed by atoms with Crippen molar-refractivity contribution < 1.29 is 14.4 Å². The van der Waals surface area contributed by atoms with Crippen molar-refractivity contribution in [2.75, 3.05) is 38.5 Å². The summed E-state index contributed by atoms with van der Waals surface area (Å²) in [5.41, 5.74) is 8.16. The third kappa shape index (κ3) is 6.81. The van der Waals surface area contributed by atoms with Crippen LogP contribution < -0.4 is 16.4 Å². The summed E-state index contributed by atoms with van der Waals surface area (Å²) in [5.74, 6) is -0.714. The van der Waals surface area contributed by atoms with Gasteiger partial charge >= 0.3 is 6.03 Å². The predicted octanol–water partition coefficient (Wildman–Crippen LogP) is 2.63. The fourth-order valence-electron chi connectivity index (χ4n) is 4.46. The summed E-state index contributed by atoms with van der Waals surface area (Å²) in [6, 6.07) is 15.4. The fraction of sp³-hybridized carbons (Fsp3) is 0.370. The van der Waals surface area contributed by atoms with Crippen molar-refractivity contribution in [3.63, 3.8) is 0 Å². The predicted molar refractivity (Wildman–Crippen MR) is 149 cm³/mol. The topological polar surface area (TPSA) is 148 Å². The molecular formula is C27H32N8O3S. The Morgan fingerprint density at radius 2 is 2.03 bits per heavy atom. The number of fused-ring (bicyclic) bond motifs is 1. The van der Waals surface area contributed by atoms with E-state index in [0.29, 0.717) is 17.2 Å². The molecule has 4 amide bonds. The molecule has 2 heterocycles.